The van der Waals surface area contributed by atoms with Gasteiger partial charge in [0.2, 0.25) is 5.91 Å². The molecule has 0 bridgehead atoms. The van der Waals surface area contributed by atoms with E-state index in [2.05, 4.69) is 15.4 Å². The van der Waals surface area contributed by atoms with Gasteiger partial charge in [0, 0.05) is 30.3 Å². The van der Waals surface area contributed by atoms with Gasteiger partial charge >= 0.3 is 18.3 Å². The number of aryl methyl sites for hydroxylation is 1. The standard InChI is InChI=1S/C35H31F6N5O3/c36-34(37,38)25-17-22(19-13-15-45(16-14-19)32(47)21-7-8-21)10-11-27(25)43-28-12-9-20-3-1-4-23(30(20)28)26-5-2-6-29(44-26)46-31(35(39,40)41)24(18-42-46)33(48)49/h1-6,10-11,17-19,21,28,43H,7-9,12-16H2,(H,48,49). The summed E-state index contributed by atoms with van der Waals surface area (Å²) in [6, 6.07) is 13.4. The highest BCUT2D eigenvalue weighted by molar-refractivity contribution is 5.89. The first-order chi connectivity index (χ1) is 23.3. The van der Waals surface area contributed by atoms with E-state index < -0.39 is 41.2 Å². The topological polar surface area (TPSA) is 100 Å². The van der Waals surface area contributed by atoms with Gasteiger partial charge in [0.1, 0.15) is 5.56 Å². The zero-order valence-electron chi connectivity index (χ0n) is 26.0. The van der Waals surface area contributed by atoms with Crippen molar-refractivity contribution in [3.05, 3.63) is 94.3 Å². The number of alkyl halides is 6. The van der Waals surface area contributed by atoms with Crippen molar-refractivity contribution < 1.29 is 41.0 Å². The molecule has 1 amide bonds. The molecule has 2 aliphatic carbocycles. The number of piperidine rings is 1. The summed E-state index contributed by atoms with van der Waals surface area (Å²) in [7, 11) is 0. The van der Waals surface area contributed by atoms with Crippen molar-refractivity contribution in [1.82, 2.24) is 19.7 Å². The minimum atomic E-state index is -5.04. The lowest BCUT2D eigenvalue weighted by Crippen LogP contribution is -2.38. The van der Waals surface area contributed by atoms with Crippen LogP contribution in [0.5, 0.6) is 0 Å². The maximum atomic E-state index is 14.5. The molecule has 2 aromatic heterocycles. The Morgan fingerprint density at radius 3 is 2.29 bits per heavy atom. The SMILES string of the molecule is O=C(O)c1cnn(-c2cccc(-c3cccc4c3C(Nc3ccc(C5CCN(C(=O)C6CC6)CC5)cc3C(F)(F)F)CC4)n2)c1C(F)(F)F. The van der Waals surface area contributed by atoms with E-state index in [1.807, 2.05) is 11.0 Å². The van der Waals surface area contributed by atoms with Crippen molar-refractivity contribution in [2.45, 2.75) is 62.8 Å². The van der Waals surface area contributed by atoms with Gasteiger partial charge in [-0.1, -0.05) is 30.3 Å². The zero-order valence-corrected chi connectivity index (χ0v) is 26.0. The van der Waals surface area contributed by atoms with Gasteiger partial charge in [-0.3, -0.25) is 4.79 Å². The largest absolute Gasteiger partial charge is 0.478 e. The number of aromatic carboxylic acids is 1. The van der Waals surface area contributed by atoms with Crippen LogP contribution in [0.3, 0.4) is 0 Å². The smallest absolute Gasteiger partial charge is 0.434 e. The number of rotatable bonds is 7. The summed E-state index contributed by atoms with van der Waals surface area (Å²) >= 11 is 0. The Labute approximate surface area is 276 Å². The van der Waals surface area contributed by atoms with Crippen molar-refractivity contribution in [3.63, 3.8) is 0 Å². The molecule has 4 aromatic rings. The lowest BCUT2D eigenvalue weighted by molar-refractivity contribution is -0.143. The molecule has 3 aliphatic rings. The average Bonchev–Trinajstić information content (AvgIpc) is 3.68. The van der Waals surface area contributed by atoms with E-state index in [-0.39, 0.29) is 34.9 Å². The normalized spacial score (nSPS) is 18.4. The molecule has 0 spiro atoms. The number of pyridine rings is 1. The van der Waals surface area contributed by atoms with Crippen LogP contribution in [0.2, 0.25) is 0 Å². The van der Waals surface area contributed by atoms with Gasteiger partial charge in [-0.2, -0.15) is 31.4 Å². The van der Waals surface area contributed by atoms with E-state index in [0.29, 0.717) is 66.3 Å². The molecule has 1 aliphatic heterocycles. The second-order valence-corrected chi connectivity index (χ2v) is 12.8. The number of likely N-dealkylation sites (tertiary alicyclic amines) is 1. The quantitative estimate of drug-likeness (QED) is 0.192. The number of carboxylic acids is 1. The van der Waals surface area contributed by atoms with Crippen molar-refractivity contribution in [2.75, 3.05) is 18.4 Å². The van der Waals surface area contributed by atoms with Gasteiger partial charge in [0.15, 0.2) is 11.5 Å². The summed E-state index contributed by atoms with van der Waals surface area (Å²) < 4.78 is 85.7. The number of carbonyl (C=O) groups is 2. The number of nitrogens with zero attached hydrogens (tertiary/aromatic N) is 4. The summed E-state index contributed by atoms with van der Waals surface area (Å²) in [4.78, 5) is 30.2. The van der Waals surface area contributed by atoms with Crippen LogP contribution in [0.1, 0.15) is 82.4 Å². The first kappa shape index (κ1) is 32.7. The summed E-state index contributed by atoms with van der Waals surface area (Å²) in [6.07, 6.45) is -5.06. The number of hydrogen-bond donors (Lipinski definition) is 2. The molecule has 1 atom stereocenters. The third-order valence-electron chi connectivity index (χ3n) is 9.63. The molecule has 2 fully saturated rings. The predicted molar refractivity (Wildman–Crippen MR) is 166 cm³/mol. The third kappa shape index (κ3) is 6.35. The van der Waals surface area contributed by atoms with Gasteiger partial charge in [-0.05, 0) is 85.4 Å². The van der Waals surface area contributed by atoms with Gasteiger partial charge in [-0.15, -0.1) is 0 Å². The van der Waals surface area contributed by atoms with E-state index in [1.54, 1.807) is 24.3 Å². The first-order valence-electron chi connectivity index (χ1n) is 16.0. The minimum absolute atomic E-state index is 0.0838. The fourth-order valence-corrected chi connectivity index (χ4v) is 7.08. The fraction of sp³-hybridized carbons (Fsp3) is 0.371. The molecule has 7 rings (SSSR count). The molecule has 1 saturated carbocycles. The minimum Gasteiger partial charge on any atom is -0.478 e. The van der Waals surface area contributed by atoms with E-state index in [1.165, 1.54) is 24.3 Å². The Bertz CT molecular complexity index is 1930. The number of aromatic nitrogens is 3. The highest BCUT2D eigenvalue weighted by Crippen LogP contribution is 2.44. The second kappa shape index (κ2) is 12.2. The summed E-state index contributed by atoms with van der Waals surface area (Å²) in [6.45, 7) is 1.05. The summed E-state index contributed by atoms with van der Waals surface area (Å²) in [5.74, 6) is -1.91. The Kier molecular flexibility index (Phi) is 8.14. The van der Waals surface area contributed by atoms with Crippen molar-refractivity contribution in [3.8, 4) is 17.1 Å². The van der Waals surface area contributed by atoms with Crippen LogP contribution in [0, 0.1) is 5.92 Å². The number of fused-ring (bicyclic) bond motifs is 1. The molecule has 1 saturated heterocycles. The maximum absolute atomic E-state index is 14.5. The number of halogens is 6. The Hall–Kier alpha value is -4.88. The van der Waals surface area contributed by atoms with Crippen LogP contribution in [-0.2, 0) is 23.6 Å². The van der Waals surface area contributed by atoms with Crippen LogP contribution < -0.4 is 5.32 Å². The molecule has 1 unspecified atom stereocenters. The lowest BCUT2D eigenvalue weighted by Gasteiger charge is -2.33. The number of nitrogens with one attached hydrogen (secondary N) is 1. The van der Waals surface area contributed by atoms with E-state index in [4.69, 9.17) is 0 Å². The van der Waals surface area contributed by atoms with Crippen LogP contribution in [0.15, 0.2) is 60.8 Å². The van der Waals surface area contributed by atoms with Crippen molar-refractivity contribution >= 4 is 17.6 Å². The van der Waals surface area contributed by atoms with Crippen LogP contribution >= 0.6 is 0 Å². The monoisotopic (exact) mass is 683 g/mol. The highest BCUT2D eigenvalue weighted by Gasteiger charge is 2.41. The molecular formula is C35H31F6N5O3. The highest BCUT2D eigenvalue weighted by atomic mass is 19.4. The van der Waals surface area contributed by atoms with Crippen LogP contribution in [-0.4, -0.2) is 49.7 Å². The van der Waals surface area contributed by atoms with Gasteiger partial charge in [-0.25, -0.2) is 14.5 Å². The molecule has 2 N–H and O–H groups in total. The summed E-state index contributed by atoms with van der Waals surface area (Å²) in [5, 5.41) is 16.1. The molecule has 3 heterocycles. The van der Waals surface area contributed by atoms with Gasteiger partial charge < -0.3 is 15.3 Å². The molecule has 0 radical (unpaired) electrons. The van der Waals surface area contributed by atoms with Crippen molar-refractivity contribution in [1.29, 1.82) is 0 Å². The number of amides is 1. The zero-order chi connectivity index (χ0) is 34.7. The predicted octanol–water partition coefficient (Wildman–Crippen LogP) is 7.89. The number of benzene rings is 2. The van der Waals surface area contributed by atoms with Gasteiger partial charge in [0.05, 0.1) is 23.5 Å². The van der Waals surface area contributed by atoms with E-state index in [0.717, 1.165) is 18.4 Å². The fourth-order valence-electron chi connectivity index (χ4n) is 7.08. The number of hydrogen-bond acceptors (Lipinski definition) is 5. The van der Waals surface area contributed by atoms with Crippen LogP contribution in [0.4, 0.5) is 32.0 Å². The molecule has 2 aromatic carbocycles. The second-order valence-electron chi connectivity index (χ2n) is 12.8. The lowest BCUT2D eigenvalue weighted by atomic mass is 9.88. The maximum Gasteiger partial charge on any atom is 0.434 e. The first-order valence-corrected chi connectivity index (χ1v) is 16.0. The van der Waals surface area contributed by atoms with Gasteiger partial charge in [0.25, 0.3) is 0 Å². The molecule has 14 heteroatoms. The third-order valence-corrected chi connectivity index (χ3v) is 9.63. The molecule has 256 valence electrons. The Balaban J connectivity index is 1.18. The Morgan fingerprint density at radius 2 is 1.61 bits per heavy atom. The van der Waals surface area contributed by atoms with E-state index >= 15 is 0 Å². The Morgan fingerprint density at radius 1 is 0.878 bits per heavy atom. The molecule has 49 heavy (non-hydrogen) atoms. The number of carboxylic acid groups (broad SMARTS) is 1. The number of carbonyl (C=O) groups excluding carboxylic acids is 1. The van der Waals surface area contributed by atoms with Crippen LogP contribution in [0.25, 0.3) is 17.1 Å². The van der Waals surface area contributed by atoms with Crippen molar-refractivity contribution in [2.24, 2.45) is 5.92 Å². The summed E-state index contributed by atoms with van der Waals surface area (Å²) in [5.41, 5.74) is -0.490. The molecule has 8 nitrogen and oxygen atoms in total. The molecular weight excluding hydrogens is 652 g/mol. The number of anilines is 1. The average molecular weight is 684 g/mol. The van der Waals surface area contributed by atoms with E-state index in [9.17, 15) is 41.0 Å².